The van der Waals surface area contributed by atoms with Crippen LogP contribution in [0.4, 0.5) is 0 Å². The SMILES string of the molecule is CC(C)(C)[Si](C)(C)OC1C[C@H]2[C@@H]3CC[C@H](O[Si](C)(C)C(C)(C)C)[C@@]3(C)CC[C@@H]2[C@@]2(C)CC(O)C(O)C=C12. The Morgan fingerprint density at radius 2 is 1.41 bits per heavy atom. The van der Waals surface area contributed by atoms with Crippen LogP contribution in [0.2, 0.25) is 36.3 Å². The van der Waals surface area contributed by atoms with Gasteiger partial charge in [-0.3, -0.25) is 0 Å². The predicted octanol–water partition coefficient (Wildman–Crippen LogP) is 7.67. The zero-order chi connectivity index (χ0) is 28.0. The lowest BCUT2D eigenvalue weighted by Gasteiger charge is -2.61. The molecule has 6 heteroatoms. The number of aliphatic hydroxyl groups is 2. The van der Waals surface area contributed by atoms with Crippen molar-refractivity contribution in [2.75, 3.05) is 0 Å². The Hall–Kier alpha value is 0.0138. The van der Waals surface area contributed by atoms with Crippen LogP contribution in [0.1, 0.15) is 93.9 Å². The Morgan fingerprint density at radius 1 is 0.838 bits per heavy atom. The van der Waals surface area contributed by atoms with E-state index in [1.807, 2.05) is 6.08 Å². The monoisotopic (exact) mass is 550 g/mol. The fourth-order valence-corrected chi connectivity index (χ4v) is 10.8. The van der Waals surface area contributed by atoms with E-state index >= 15 is 0 Å². The average Bonchev–Trinajstić information content (AvgIpc) is 3.04. The highest BCUT2D eigenvalue weighted by Crippen LogP contribution is 2.67. The highest BCUT2D eigenvalue weighted by Gasteiger charge is 2.63. The third kappa shape index (κ3) is 4.92. The maximum absolute atomic E-state index is 10.9. The molecule has 4 rings (SSSR count). The lowest BCUT2D eigenvalue weighted by atomic mass is 9.46. The van der Waals surface area contributed by atoms with E-state index in [4.69, 9.17) is 8.85 Å². The van der Waals surface area contributed by atoms with Gasteiger partial charge in [0.2, 0.25) is 0 Å². The molecule has 0 aromatic heterocycles. The summed E-state index contributed by atoms with van der Waals surface area (Å²) in [6.07, 6.45) is 7.40. The van der Waals surface area contributed by atoms with Crippen LogP contribution in [0.25, 0.3) is 0 Å². The fourth-order valence-electron chi connectivity index (χ4n) is 8.10. The number of fused-ring (bicyclic) bond motifs is 5. The van der Waals surface area contributed by atoms with Gasteiger partial charge in [0.15, 0.2) is 16.6 Å². The normalized spacial score (nSPS) is 43.1. The van der Waals surface area contributed by atoms with Gasteiger partial charge >= 0.3 is 0 Å². The van der Waals surface area contributed by atoms with Gasteiger partial charge in [-0.2, -0.15) is 0 Å². The first kappa shape index (κ1) is 30.0. The van der Waals surface area contributed by atoms with Crippen LogP contribution in [0.15, 0.2) is 11.6 Å². The molecule has 0 bridgehead atoms. The second kappa shape index (κ2) is 9.27. The smallest absolute Gasteiger partial charge is 0.192 e. The molecule has 4 aliphatic rings. The first-order valence-electron chi connectivity index (χ1n) is 15.1. The Morgan fingerprint density at radius 3 is 1.97 bits per heavy atom. The van der Waals surface area contributed by atoms with Crippen LogP contribution in [-0.2, 0) is 8.85 Å². The first-order valence-corrected chi connectivity index (χ1v) is 20.9. The molecule has 0 amide bonds. The minimum atomic E-state index is -2.02. The topological polar surface area (TPSA) is 58.9 Å². The van der Waals surface area contributed by atoms with Gasteiger partial charge < -0.3 is 19.1 Å². The van der Waals surface area contributed by atoms with Crippen molar-refractivity contribution in [2.45, 2.75) is 155 Å². The molecule has 4 nitrogen and oxygen atoms in total. The highest BCUT2D eigenvalue weighted by atomic mass is 28.4. The van der Waals surface area contributed by atoms with Crippen molar-refractivity contribution >= 4 is 16.6 Å². The van der Waals surface area contributed by atoms with Crippen LogP contribution >= 0.6 is 0 Å². The zero-order valence-corrected chi connectivity index (χ0v) is 28.1. The fraction of sp³-hybridized carbons (Fsp3) is 0.935. The average molecular weight is 551 g/mol. The van der Waals surface area contributed by atoms with E-state index < -0.39 is 28.8 Å². The van der Waals surface area contributed by atoms with Crippen molar-refractivity contribution in [3.8, 4) is 0 Å². The lowest BCUT2D eigenvalue weighted by molar-refractivity contribution is -0.107. The zero-order valence-electron chi connectivity index (χ0n) is 26.1. The molecule has 214 valence electrons. The van der Waals surface area contributed by atoms with Crippen molar-refractivity contribution < 1.29 is 19.1 Å². The molecule has 0 aromatic rings. The molecule has 4 aliphatic carbocycles. The summed E-state index contributed by atoms with van der Waals surface area (Å²) in [6, 6.07) is 0. The van der Waals surface area contributed by atoms with Crippen molar-refractivity contribution in [2.24, 2.45) is 28.6 Å². The molecule has 0 aromatic carbocycles. The van der Waals surface area contributed by atoms with E-state index in [0.29, 0.717) is 30.3 Å². The number of rotatable bonds is 4. The summed E-state index contributed by atoms with van der Waals surface area (Å²) >= 11 is 0. The molecule has 0 radical (unpaired) electrons. The second-order valence-corrected chi connectivity index (χ2v) is 26.3. The van der Waals surface area contributed by atoms with Crippen molar-refractivity contribution in [3.63, 3.8) is 0 Å². The number of aliphatic hydroxyl groups excluding tert-OH is 2. The molecule has 0 spiro atoms. The van der Waals surface area contributed by atoms with Gasteiger partial charge in [0, 0.05) is 0 Å². The van der Waals surface area contributed by atoms with Gasteiger partial charge in [0.25, 0.3) is 0 Å². The van der Waals surface area contributed by atoms with E-state index in [1.54, 1.807) is 0 Å². The maximum Gasteiger partial charge on any atom is 0.192 e. The second-order valence-electron chi connectivity index (χ2n) is 16.8. The molecule has 0 saturated heterocycles. The first-order chi connectivity index (χ1) is 16.6. The third-order valence-corrected chi connectivity index (χ3v) is 21.5. The Balaban J connectivity index is 1.69. The Kier molecular flexibility index (Phi) is 7.51. The third-order valence-electron chi connectivity index (χ3n) is 12.5. The van der Waals surface area contributed by atoms with Crippen molar-refractivity contribution in [1.82, 2.24) is 0 Å². The summed E-state index contributed by atoms with van der Waals surface area (Å²) in [5.74, 6) is 1.74. The van der Waals surface area contributed by atoms with Gasteiger partial charge in [0.1, 0.15) is 0 Å². The molecule has 0 heterocycles. The minimum Gasteiger partial charge on any atom is -0.413 e. The standard InChI is InChI=1S/C31H58O4Si2/c1-28(2,3)36(9,10)34-26-17-20-21-13-14-27(35-37(11,12)29(4,5)6)30(21,7)16-15-22(20)31(8)19-25(33)24(32)18-23(26)31/h18,20-22,24-27,32-33H,13-17,19H2,1-12H3/t20-,21-,22-,24?,25?,26?,27-,30-,31+/m0/s1. The van der Waals surface area contributed by atoms with Crippen LogP contribution in [0.5, 0.6) is 0 Å². The predicted molar refractivity (Wildman–Crippen MR) is 159 cm³/mol. The van der Waals surface area contributed by atoms with Gasteiger partial charge in [0.05, 0.1) is 24.4 Å². The van der Waals surface area contributed by atoms with E-state index in [0.717, 1.165) is 6.42 Å². The molecular weight excluding hydrogens is 493 g/mol. The summed E-state index contributed by atoms with van der Waals surface area (Å²) in [7, 11) is -3.87. The van der Waals surface area contributed by atoms with Crippen molar-refractivity contribution in [1.29, 1.82) is 0 Å². The van der Waals surface area contributed by atoms with Crippen molar-refractivity contribution in [3.05, 3.63) is 11.6 Å². The largest absolute Gasteiger partial charge is 0.413 e. The maximum atomic E-state index is 10.9. The molecule has 0 aliphatic heterocycles. The van der Waals surface area contributed by atoms with Crippen LogP contribution in [-0.4, -0.2) is 51.3 Å². The van der Waals surface area contributed by atoms with Gasteiger partial charge in [-0.15, -0.1) is 0 Å². The summed E-state index contributed by atoms with van der Waals surface area (Å²) < 4.78 is 14.4. The number of hydrogen-bond donors (Lipinski definition) is 2. The number of hydrogen-bond acceptors (Lipinski definition) is 4. The lowest BCUT2D eigenvalue weighted by Crippen LogP contribution is -2.59. The Labute approximate surface area is 230 Å². The molecule has 3 fully saturated rings. The molecule has 9 atom stereocenters. The van der Waals surface area contributed by atoms with Crippen LogP contribution in [0, 0.1) is 28.6 Å². The molecule has 3 unspecified atom stereocenters. The van der Waals surface area contributed by atoms with E-state index in [1.165, 1.54) is 31.3 Å². The quantitative estimate of drug-likeness (QED) is 0.278. The highest BCUT2D eigenvalue weighted by molar-refractivity contribution is 6.74. The van der Waals surface area contributed by atoms with E-state index in [2.05, 4.69) is 81.6 Å². The molecular formula is C31H58O4Si2. The Bertz CT molecular complexity index is 900. The van der Waals surface area contributed by atoms with E-state index in [9.17, 15) is 10.2 Å². The van der Waals surface area contributed by atoms with Gasteiger partial charge in [-0.1, -0.05) is 61.5 Å². The van der Waals surface area contributed by atoms with Gasteiger partial charge in [-0.25, -0.2) is 0 Å². The summed E-state index contributed by atoms with van der Waals surface area (Å²) in [5, 5.41) is 21.9. The van der Waals surface area contributed by atoms with Crippen LogP contribution in [0.3, 0.4) is 0 Å². The van der Waals surface area contributed by atoms with Crippen LogP contribution < -0.4 is 0 Å². The molecule has 3 saturated carbocycles. The van der Waals surface area contributed by atoms with Gasteiger partial charge in [-0.05, 0) is 109 Å². The summed E-state index contributed by atoms with van der Waals surface area (Å²) in [5.41, 5.74) is 1.38. The summed E-state index contributed by atoms with van der Waals surface area (Å²) in [4.78, 5) is 0. The molecule has 2 N–H and O–H groups in total. The van der Waals surface area contributed by atoms with E-state index in [-0.39, 0.29) is 27.0 Å². The summed E-state index contributed by atoms with van der Waals surface area (Å²) in [6.45, 7) is 28.5. The molecule has 37 heavy (non-hydrogen) atoms. The minimum absolute atomic E-state index is 0.0389.